The summed E-state index contributed by atoms with van der Waals surface area (Å²) in [7, 11) is 0. The lowest BCUT2D eigenvalue weighted by Crippen LogP contribution is -2.60. The number of nitrogens with one attached hydrogen (secondary N) is 2. The van der Waals surface area contributed by atoms with Crippen molar-refractivity contribution >= 4 is 29.1 Å². The predicted octanol–water partition coefficient (Wildman–Crippen LogP) is 1.57. The summed E-state index contributed by atoms with van der Waals surface area (Å²) in [6.07, 6.45) is 0. The van der Waals surface area contributed by atoms with Gasteiger partial charge in [-0.1, -0.05) is 13.8 Å². The zero-order valence-corrected chi connectivity index (χ0v) is 14.3. The van der Waals surface area contributed by atoms with Crippen molar-refractivity contribution in [1.82, 2.24) is 5.32 Å². The second kappa shape index (κ2) is 5.59. The van der Waals surface area contributed by atoms with Crippen LogP contribution in [0.1, 0.15) is 25.0 Å². The number of amides is 3. The van der Waals surface area contributed by atoms with E-state index in [9.17, 15) is 14.7 Å². The minimum atomic E-state index is -0.716. The Balaban J connectivity index is 2.15. The lowest BCUT2D eigenvalue weighted by atomic mass is 9.92. The van der Waals surface area contributed by atoms with E-state index in [0.717, 1.165) is 22.5 Å². The van der Waals surface area contributed by atoms with Crippen molar-refractivity contribution in [3.8, 4) is 0 Å². The number of aryl methyl sites for hydroxylation is 2. The van der Waals surface area contributed by atoms with E-state index >= 15 is 0 Å². The van der Waals surface area contributed by atoms with Crippen molar-refractivity contribution < 1.29 is 14.7 Å². The van der Waals surface area contributed by atoms with E-state index in [0.29, 0.717) is 12.4 Å². The van der Waals surface area contributed by atoms with Gasteiger partial charge in [0.15, 0.2) is 6.04 Å². The number of carbonyl (C=O) groups excluding carboxylic acids is 2. The van der Waals surface area contributed by atoms with Gasteiger partial charge >= 0.3 is 6.03 Å². The van der Waals surface area contributed by atoms with Crippen LogP contribution in [-0.2, 0) is 4.79 Å². The first-order chi connectivity index (χ1) is 11.2. The summed E-state index contributed by atoms with van der Waals surface area (Å²) in [5.41, 5.74) is 3.47. The second-order valence-electron chi connectivity index (χ2n) is 7.20. The van der Waals surface area contributed by atoms with Crippen LogP contribution in [0.5, 0.6) is 0 Å². The number of aliphatic imine (C=N–C) groups is 1. The minimum Gasteiger partial charge on any atom is -0.396 e. The summed E-state index contributed by atoms with van der Waals surface area (Å²) in [5.74, 6) is -0.0401. The van der Waals surface area contributed by atoms with Gasteiger partial charge in [-0.05, 0) is 37.1 Å². The highest BCUT2D eigenvalue weighted by atomic mass is 16.3. The number of carbonyl (C=O) groups is 2. The molecule has 128 valence electrons. The number of aliphatic hydroxyl groups excluding tert-OH is 1. The fourth-order valence-corrected chi connectivity index (χ4v) is 2.90. The number of hydrogen-bond donors (Lipinski definition) is 3. The first kappa shape index (κ1) is 16.4. The number of anilines is 2. The topological polar surface area (TPSA) is 94.0 Å². The Morgan fingerprint density at radius 2 is 1.92 bits per heavy atom. The highest BCUT2D eigenvalue weighted by molar-refractivity contribution is 6.26. The number of rotatable bonds is 3. The lowest BCUT2D eigenvalue weighted by Gasteiger charge is -2.42. The van der Waals surface area contributed by atoms with Gasteiger partial charge in [-0.25, -0.2) is 4.79 Å². The van der Waals surface area contributed by atoms with E-state index in [1.54, 1.807) is 0 Å². The Hall–Kier alpha value is -2.41. The van der Waals surface area contributed by atoms with E-state index in [4.69, 9.17) is 0 Å². The molecular weight excluding hydrogens is 308 g/mol. The Bertz CT molecular complexity index is 754. The van der Waals surface area contributed by atoms with Crippen LogP contribution in [0.3, 0.4) is 0 Å². The van der Waals surface area contributed by atoms with Crippen molar-refractivity contribution in [3.63, 3.8) is 0 Å². The summed E-state index contributed by atoms with van der Waals surface area (Å²) in [4.78, 5) is 29.9. The monoisotopic (exact) mass is 330 g/mol. The van der Waals surface area contributed by atoms with Gasteiger partial charge in [-0.3, -0.25) is 10.1 Å². The third-order valence-electron chi connectivity index (χ3n) is 4.46. The van der Waals surface area contributed by atoms with E-state index < -0.39 is 23.4 Å². The third kappa shape index (κ3) is 2.75. The van der Waals surface area contributed by atoms with Crippen LogP contribution >= 0.6 is 0 Å². The average Bonchev–Trinajstić information content (AvgIpc) is 2.50. The summed E-state index contributed by atoms with van der Waals surface area (Å²) >= 11 is 0. The number of aliphatic hydroxyl groups is 1. The van der Waals surface area contributed by atoms with Gasteiger partial charge in [0.2, 0.25) is 0 Å². The molecule has 7 heteroatoms. The summed E-state index contributed by atoms with van der Waals surface area (Å²) in [6.45, 7) is 8.29. The zero-order chi connectivity index (χ0) is 17.6. The normalized spacial score (nSPS) is 20.0. The summed E-state index contributed by atoms with van der Waals surface area (Å²) in [5, 5.41) is 15.0. The van der Waals surface area contributed by atoms with Crippen molar-refractivity contribution in [1.29, 1.82) is 0 Å². The van der Waals surface area contributed by atoms with Crippen molar-refractivity contribution in [2.24, 2.45) is 10.4 Å². The quantitative estimate of drug-likeness (QED) is 0.782. The van der Waals surface area contributed by atoms with E-state index in [1.165, 1.54) is 0 Å². The molecule has 3 rings (SSSR count). The van der Waals surface area contributed by atoms with Crippen LogP contribution in [-0.4, -0.2) is 42.1 Å². The van der Waals surface area contributed by atoms with Crippen LogP contribution in [0.25, 0.3) is 0 Å². The minimum absolute atomic E-state index is 0.0187. The molecule has 2 aliphatic rings. The highest BCUT2D eigenvalue weighted by Gasteiger charge is 2.41. The number of nitrogens with zero attached hydrogens (tertiary/aromatic N) is 2. The van der Waals surface area contributed by atoms with Crippen LogP contribution in [0.4, 0.5) is 16.2 Å². The van der Waals surface area contributed by atoms with Crippen molar-refractivity contribution in [3.05, 3.63) is 23.3 Å². The Kier molecular flexibility index (Phi) is 3.83. The van der Waals surface area contributed by atoms with E-state index in [2.05, 4.69) is 15.6 Å². The number of hydrogen-bond acceptors (Lipinski definition) is 5. The number of amidine groups is 1. The molecule has 0 aliphatic carbocycles. The third-order valence-corrected chi connectivity index (χ3v) is 4.46. The molecule has 1 unspecified atom stereocenters. The standard InChI is InChI=1S/C17H22N4O3/c1-9-5-11-12(6-10(9)2)21(7-17(3,4)8-22)14-13(18-11)15(23)20-16(24)19-14/h5-6,13,18,22H,7-8H2,1-4H3,(H,20,23,24). The molecule has 7 nitrogen and oxygen atoms in total. The van der Waals surface area contributed by atoms with Crippen LogP contribution < -0.4 is 15.5 Å². The van der Waals surface area contributed by atoms with E-state index in [1.807, 2.05) is 44.7 Å². The molecule has 1 aromatic rings. The molecule has 0 saturated carbocycles. The summed E-state index contributed by atoms with van der Waals surface area (Å²) < 4.78 is 0. The number of imide groups is 1. The fraction of sp³-hybridized carbons (Fsp3) is 0.471. The molecule has 0 bridgehead atoms. The van der Waals surface area contributed by atoms with Gasteiger partial charge < -0.3 is 15.3 Å². The van der Waals surface area contributed by atoms with Gasteiger partial charge in [0, 0.05) is 18.6 Å². The van der Waals surface area contributed by atoms with E-state index in [-0.39, 0.29) is 6.61 Å². The molecule has 3 N–H and O–H groups in total. The fourth-order valence-electron chi connectivity index (χ4n) is 2.90. The molecule has 3 amide bonds. The van der Waals surface area contributed by atoms with Crippen LogP contribution in [0, 0.1) is 19.3 Å². The Morgan fingerprint density at radius 3 is 2.58 bits per heavy atom. The maximum Gasteiger partial charge on any atom is 0.349 e. The molecule has 24 heavy (non-hydrogen) atoms. The molecule has 2 aliphatic heterocycles. The number of urea groups is 1. The predicted molar refractivity (Wildman–Crippen MR) is 92.5 cm³/mol. The van der Waals surface area contributed by atoms with Crippen LogP contribution in [0.2, 0.25) is 0 Å². The lowest BCUT2D eigenvalue weighted by molar-refractivity contribution is -0.119. The first-order valence-electron chi connectivity index (χ1n) is 7.91. The molecule has 2 heterocycles. The van der Waals surface area contributed by atoms with Crippen LogP contribution in [0.15, 0.2) is 17.1 Å². The second-order valence-corrected chi connectivity index (χ2v) is 7.20. The molecule has 1 atom stereocenters. The van der Waals surface area contributed by atoms with Gasteiger partial charge in [0.1, 0.15) is 5.84 Å². The largest absolute Gasteiger partial charge is 0.396 e. The smallest absolute Gasteiger partial charge is 0.349 e. The SMILES string of the molecule is Cc1cc2c(cc1C)N(CC(C)(C)CO)C1=NC(=O)NC(=O)C1N2. The molecule has 1 aromatic carbocycles. The van der Waals surface area contributed by atoms with Crippen molar-refractivity contribution in [2.45, 2.75) is 33.7 Å². The van der Waals surface area contributed by atoms with Gasteiger partial charge in [-0.15, -0.1) is 0 Å². The average molecular weight is 330 g/mol. The summed E-state index contributed by atoms with van der Waals surface area (Å²) in [6, 6.07) is 2.63. The number of benzene rings is 1. The molecule has 0 radical (unpaired) electrons. The van der Waals surface area contributed by atoms with Gasteiger partial charge in [0.25, 0.3) is 5.91 Å². The highest BCUT2D eigenvalue weighted by Crippen LogP contribution is 2.37. The molecular formula is C17H22N4O3. The number of fused-ring (bicyclic) bond motifs is 2. The maximum absolute atomic E-state index is 12.2. The molecule has 0 spiro atoms. The van der Waals surface area contributed by atoms with Gasteiger partial charge in [0.05, 0.1) is 11.4 Å². The molecule has 0 fully saturated rings. The van der Waals surface area contributed by atoms with Crippen molar-refractivity contribution in [2.75, 3.05) is 23.4 Å². The zero-order valence-electron chi connectivity index (χ0n) is 14.3. The first-order valence-corrected chi connectivity index (χ1v) is 7.91. The maximum atomic E-state index is 12.2. The Morgan fingerprint density at radius 1 is 1.25 bits per heavy atom. The molecule has 0 aromatic heterocycles. The Labute approximate surface area is 140 Å². The molecule has 0 saturated heterocycles. The van der Waals surface area contributed by atoms with Gasteiger partial charge in [-0.2, -0.15) is 4.99 Å².